The minimum Gasteiger partial charge on any atom is -0.386 e. The molecule has 0 aliphatic rings. The van der Waals surface area contributed by atoms with E-state index in [1.165, 1.54) is 57.8 Å². The van der Waals surface area contributed by atoms with E-state index in [1.54, 1.807) is 5.57 Å². The Morgan fingerprint density at radius 2 is 1.45 bits per heavy atom. The van der Waals surface area contributed by atoms with Gasteiger partial charge in [-0.15, -0.1) is 6.58 Å². The Morgan fingerprint density at radius 3 is 2.03 bits per heavy atom. The number of thioether (sulfide) groups is 1. The topological polar surface area (TPSA) is 12.0 Å². The first-order valence-corrected chi connectivity index (χ1v) is 14.2. The van der Waals surface area contributed by atoms with Gasteiger partial charge in [-0.1, -0.05) is 96.9 Å². The van der Waals surface area contributed by atoms with Crippen molar-refractivity contribution in [3.05, 3.63) is 36.6 Å². The first-order valence-electron chi connectivity index (χ1n) is 13.0. The number of hydrogen-bond donors (Lipinski definition) is 1. The molecule has 1 N–H and O–H groups in total. The van der Waals surface area contributed by atoms with E-state index in [1.807, 2.05) is 17.8 Å². The standard InChI is InChI=1S/C29H55NS/c1-9-10-20-28(7)30-29(8)23-31-22-21-27(6)19-13-18-26(5)17-12-16-25(4)15-11-14-24(2)3/h9,21,24-26,29-30H,1,7,10-20,22-23H2,2-6,8H3/b27-21+. The van der Waals surface area contributed by atoms with Crippen molar-refractivity contribution in [1.29, 1.82) is 0 Å². The molecule has 0 radical (unpaired) electrons. The maximum atomic E-state index is 4.10. The highest BCUT2D eigenvalue weighted by Crippen LogP contribution is 2.22. The summed E-state index contributed by atoms with van der Waals surface area (Å²) in [5.41, 5.74) is 2.70. The van der Waals surface area contributed by atoms with E-state index in [9.17, 15) is 0 Å². The molecule has 0 amide bonds. The van der Waals surface area contributed by atoms with E-state index in [2.05, 4.69) is 66.1 Å². The number of rotatable bonds is 21. The van der Waals surface area contributed by atoms with Gasteiger partial charge in [-0.25, -0.2) is 0 Å². The Balaban J connectivity index is 3.73. The first-order chi connectivity index (χ1) is 14.7. The summed E-state index contributed by atoms with van der Waals surface area (Å²) in [6.45, 7) is 22.0. The predicted octanol–water partition coefficient (Wildman–Crippen LogP) is 9.56. The van der Waals surface area contributed by atoms with E-state index >= 15 is 0 Å². The van der Waals surface area contributed by atoms with Crippen molar-refractivity contribution >= 4 is 11.8 Å². The Kier molecular flexibility index (Phi) is 19.6. The van der Waals surface area contributed by atoms with Gasteiger partial charge in [0.25, 0.3) is 0 Å². The van der Waals surface area contributed by atoms with Crippen molar-refractivity contribution in [2.75, 3.05) is 11.5 Å². The number of hydrogen-bond acceptors (Lipinski definition) is 2. The molecule has 0 heterocycles. The molecule has 0 aromatic carbocycles. The molecule has 3 atom stereocenters. The SMILES string of the molecule is C=CCCC(=C)NC(C)CSC/C=C(\C)CCCC(C)CCCC(C)CCCC(C)C. The van der Waals surface area contributed by atoms with Crippen LogP contribution in [0, 0.1) is 17.8 Å². The fraction of sp³-hybridized carbons (Fsp3) is 0.793. The largest absolute Gasteiger partial charge is 0.386 e. The van der Waals surface area contributed by atoms with Crippen molar-refractivity contribution in [3.8, 4) is 0 Å². The molecule has 0 saturated heterocycles. The minimum atomic E-state index is 0.481. The maximum Gasteiger partial charge on any atom is 0.0320 e. The molecular weight excluding hydrogens is 394 g/mol. The molecule has 31 heavy (non-hydrogen) atoms. The first kappa shape index (κ1) is 30.4. The van der Waals surface area contributed by atoms with E-state index in [0.29, 0.717) is 6.04 Å². The molecule has 0 aromatic heterocycles. The molecule has 1 nitrogen and oxygen atoms in total. The van der Waals surface area contributed by atoms with Gasteiger partial charge < -0.3 is 5.32 Å². The molecule has 0 aliphatic carbocycles. The summed E-state index contributed by atoms with van der Waals surface area (Å²) in [5, 5.41) is 3.50. The maximum absolute atomic E-state index is 4.10. The lowest BCUT2D eigenvalue weighted by atomic mass is 9.91. The monoisotopic (exact) mass is 449 g/mol. The Hall–Kier alpha value is -0.630. The van der Waals surface area contributed by atoms with Gasteiger partial charge in [-0.05, 0) is 57.3 Å². The lowest BCUT2D eigenvalue weighted by molar-refractivity contribution is 0.389. The van der Waals surface area contributed by atoms with Gasteiger partial charge >= 0.3 is 0 Å². The zero-order valence-electron chi connectivity index (χ0n) is 22.0. The third-order valence-electron chi connectivity index (χ3n) is 6.16. The van der Waals surface area contributed by atoms with Gasteiger partial charge in [-0.2, -0.15) is 11.8 Å². The van der Waals surface area contributed by atoms with Crippen LogP contribution in [0.3, 0.4) is 0 Å². The predicted molar refractivity (Wildman–Crippen MR) is 147 cm³/mol. The van der Waals surface area contributed by atoms with Gasteiger partial charge in [0, 0.05) is 23.2 Å². The molecule has 0 aromatic rings. The van der Waals surface area contributed by atoms with Gasteiger partial charge in [0.2, 0.25) is 0 Å². The molecule has 182 valence electrons. The second-order valence-corrected chi connectivity index (χ2v) is 11.5. The van der Waals surface area contributed by atoms with Crippen LogP contribution < -0.4 is 5.32 Å². The van der Waals surface area contributed by atoms with Crippen LogP contribution in [0.15, 0.2) is 36.6 Å². The van der Waals surface area contributed by atoms with Crippen molar-refractivity contribution in [2.45, 2.75) is 118 Å². The zero-order chi connectivity index (χ0) is 23.5. The van der Waals surface area contributed by atoms with Crippen molar-refractivity contribution in [2.24, 2.45) is 17.8 Å². The molecule has 0 spiro atoms. The summed E-state index contributed by atoms with van der Waals surface area (Å²) in [6, 6.07) is 0.481. The van der Waals surface area contributed by atoms with Crippen molar-refractivity contribution in [3.63, 3.8) is 0 Å². The van der Waals surface area contributed by atoms with Crippen LogP contribution in [-0.2, 0) is 0 Å². The smallest absolute Gasteiger partial charge is 0.0320 e. The lowest BCUT2D eigenvalue weighted by Gasteiger charge is -2.16. The molecule has 0 aliphatic heterocycles. The second kappa shape index (κ2) is 20.0. The van der Waals surface area contributed by atoms with E-state index in [-0.39, 0.29) is 0 Å². The van der Waals surface area contributed by atoms with Gasteiger partial charge in [0.1, 0.15) is 0 Å². The zero-order valence-corrected chi connectivity index (χ0v) is 22.8. The van der Waals surface area contributed by atoms with Crippen LogP contribution in [-0.4, -0.2) is 17.5 Å². The second-order valence-electron chi connectivity index (χ2n) is 10.4. The molecule has 2 heteroatoms. The average molecular weight is 450 g/mol. The highest BCUT2D eigenvalue weighted by Gasteiger charge is 2.07. The molecule has 0 fully saturated rings. The summed E-state index contributed by atoms with van der Waals surface area (Å²) < 4.78 is 0. The lowest BCUT2D eigenvalue weighted by Crippen LogP contribution is -2.27. The highest BCUT2D eigenvalue weighted by molar-refractivity contribution is 7.99. The molecule has 0 rings (SSSR count). The molecule has 0 saturated carbocycles. The molecular formula is C29H55NS. The Bertz CT molecular complexity index is 479. The summed E-state index contributed by atoms with van der Waals surface area (Å²) in [4.78, 5) is 0. The van der Waals surface area contributed by atoms with Crippen molar-refractivity contribution < 1.29 is 0 Å². The van der Waals surface area contributed by atoms with Crippen LogP contribution >= 0.6 is 11.8 Å². The van der Waals surface area contributed by atoms with Crippen molar-refractivity contribution in [1.82, 2.24) is 5.32 Å². The summed E-state index contributed by atoms with van der Waals surface area (Å²) in [6.07, 6.45) is 18.9. The Labute approximate surface area is 201 Å². The highest BCUT2D eigenvalue weighted by atomic mass is 32.2. The summed E-state index contributed by atoms with van der Waals surface area (Å²) in [5.74, 6) is 4.91. The third-order valence-corrected chi connectivity index (χ3v) is 7.30. The Morgan fingerprint density at radius 1 is 0.871 bits per heavy atom. The van der Waals surface area contributed by atoms with Crippen LogP contribution in [0.25, 0.3) is 0 Å². The van der Waals surface area contributed by atoms with Gasteiger partial charge in [0.15, 0.2) is 0 Å². The van der Waals surface area contributed by atoms with E-state index in [0.717, 1.165) is 47.8 Å². The van der Waals surface area contributed by atoms with Crippen LogP contribution in [0.1, 0.15) is 112 Å². The number of allylic oxidation sites excluding steroid dienone is 3. The number of nitrogens with one attached hydrogen (secondary N) is 1. The average Bonchev–Trinajstić information content (AvgIpc) is 2.69. The molecule has 3 unspecified atom stereocenters. The van der Waals surface area contributed by atoms with Gasteiger partial charge in [0.05, 0.1) is 0 Å². The summed E-state index contributed by atoms with van der Waals surface area (Å²) >= 11 is 2.02. The molecule has 0 bridgehead atoms. The van der Waals surface area contributed by atoms with E-state index in [4.69, 9.17) is 0 Å². The van der Waals surface area contributed by atoms with Crippen LogP contribution in [0.5, 0.6) is 0 Å². The summed E-state index contributed by atoms with van der Waals surface area (Å²) in [7, 11) is 0. The van der Waals surface area contributed by atoms with Crippen LogP contribution in [0.2, 0.25) is 0 Å². The third kappa shape index (κ3) is 21.0. The minimum absolute atomic E-state index is 0.481. The van der Waals surface area contributed by atoms with Crippen LogP contribution in [0.4, 0.5) is 0 Å². The van der Waals surface area contributed by atoms with Gasteiger partial charge in [-0.3, -0.25) is 0 Å². The normalized spacial score (nSPS) is 15.0. The van der Waals surface area contributed by atoms with E-state index < -0.39 is 0 Å². The fourth-order valence-electron chi connectivity index (χ4n) is 3.99. The quantitative estimate of drug-likeness (QED) is 0.138. The fourth-order valence-corrected chi connectivity index (χ4v) is 4.97.